The zero-order valence-electron chi connectivity index (χ0n) is 8.18. The highest BCUT2D eigenvalue weighted by Crippen LogP contribution is 2.44. The molecular formula is C12H12FN. The van der Waals surface area contributed by atoms with Gasteiger partial charge in [0.05, 0.1) is 11.5 Å². The Morgan fingerprint density at radius 3 is 2.57 bits per heavy atom. The molecule has 0 radical (unpaired) electrons. The Morgan fingerprint density at radius 1 is 1.43 bits per heavy atom. The lowest BCUT2D eigenvalue weighted by Gasteiger charge is -2.36. The minimum atomic E-state index is -0.322. The van der Waals surface area contributed by atoms with Crippen LogP contribution in [0.25, 0.3) is 0 Å². The Labute approximate surface area is 83.2 Å². The maximum absolute atomic E-state index is 12.9. The van der Waals surface area contributed by atoms with Crippen molar-refractivity contribution in [2.75, 3.05) is 0 Å². The monoisotopic (exact) mass is 189 g/mol. The third-order valence-electron chi connectivity index (χ3n) is 3.13. The molecule has 0 heterocycles. The van der Waals surface area contributed by atoms with Gasteiger partial charge in [-0.05, 0) is 49.4 Å². The summed E-state index contributed by atoms with van der Waals surface area (Å²) < 4.78 is 12.9. The highest BCUT2D eigenvalue weighted by molar-refractivity contribution is 5.40. The van der Waals surface area contributed by atoms with Gasteiger partial charge in [-0.1, -0.05) is 6.07 Å². The Hall–Kier alpha value is -1.36. The van der Waals surface area contributed by atoms with E-state index >= 15 is 0 Å². The van der Waals surface area contributed by atoms with Crippen molar-refractivity contribution in [3.8, 4) is 6.07 Å². The summed E-state index contributed by atoms with van der Waals surface area (Å²) in [5, 5.41) is 9.14. The van der Waals surface area contributed by atoms with Crippen molar-refractivity contribution in [1.29, 1.82) is 5.26 Å². The molecule has 1 aromatic carbocycles. The summed E-state index contributed by atoms with van der Waals surface area (Å²) in [6.07, 6.45) is 2.93. The summed E-state index contributed by atoms with van der Waals surface area (Å²) in [4.78, 5) is 0. The summed E-state index contributed by atoms with van der Waals surface area (Å²) in [5.74, 6) is -0.223. The first-order valence-corrected chi connectivity index (χ1v) is 4.86. The average molecular weight is 189 g/mol. The molecule has 1 nitrogen and oxygen atoms in total. The van der Waals surface area contributed by atoms with Crippen LogP contribution in [0.1, 0.15) is 30.4 Å². The number of hydrogen-bond donors (Lipinski definition) is 0. The zero-order chi connectivity index (χ0) is 10.2. The molecule has 0 N–H and O–H groups in total. The van der Waals surface area contributed by atoms with Gasteiger partial charge in [-0.2, -0.15) is 5.26 Å². The van der Waals surface area contributed by atoms with Gasteiger partial charge in [0.1, 0.15) is 5.82 Å². The predicted octanol–water partition coefficient (Wildman–Crippen LogP) is 3.08. The molecule has 1 aliphatic rings. The standard InChI is InChI=1S/C12H12FN/c1-9-7-10(13)3-4-11(9)12(8-14)5-2-6-12/h3-4,7H,2,5-6H2,1H3. The smallest absolute Gasteiger partial charge is 0.123 e. The van der Waals surface area contributed by atoms with Crippen molar-refractivity contribution >= 4 is 0 Å². The number of nitrogens with zero attached hydrogens (tertiary/aromatic N) is 1. The number of nitriles is 1. The minimum Gasteiger partial charge on any atom is -0.207 e. The number of hydrogen-bond acceptors (Lipinski definition) is 1. The number of aryl methyl sites for hydroxylation is 1. The normalized spacial score (nSPS) is 18.4. The molecule has 0 aromatic heterocycles. The van der Waals surface area contributed by atoms with E-state index in [1.807, 2.05) is 6.92 Å². The molecule has 2 rings (SSSR count). The maximum atomic E-state index is 12.9. The fraction of sp³-hybridized carbons (Fsp3) is 0.417. The van der Waals surface area contributed by atoms with Crippen molar-refractivity contribution in [2.24, 2.45) is 0 Å². The molecular weight excluding hydrogens is 177 g/mol. The van der Waals surface area contributed by atoms with Gasteiger partial charge in [0.15, 0.2) is 0 Å². The molecule has 1 aromatic rings. The fourth-order valence-electron chi connectivity index (χ4n) is 2.14. The van der Waals surface area contributed by atoms with E-state index in [0.29, 0.717) is 0 Å². The molecule has 1 aliphatic carbocycles. The van der Waals surface area contributed by atoms with E-state index in [2.05, 4.69) is 6.07 Å². The number of halogens is 1. The van der Waals surface area contributed by atoms with Gasteiger partial charge in [-0.25, -0.2) is 4.39 Å². The topological polar surface area (TPSA) is 23.8 Å². The first kappa shape index (κ1) is 9.21. The predicted molar refractivity (Wildman–Crippen MR) is 52.3 cm³/mol. The summed E-state index contributed by atoms with van der Waals surface area (Å²) >= 11 is 0. The van der Waals surface area contributed by atoms with Crippen LogP contribution in [0.2, 0.25) is 0 Å². The molecule has 1 saturated carbocycles. The highest BCUT2D eigenvalue weighted by Gasteiger charge is 2.39. The molecule has 0 saturated heterocycles. The first-order valence-electron chi connectivity index (χ1n) is 4.86. The van der Waals surface area contributed by atoms with Crippen LogP contribution in [-0.2, 0) is 5.41 Å². The Balaban J connectivity index is 2.46. The highest BCUT2D eigenvalue weighted by atomic mass is 19.1. The molecule has 0 unspecified atom stereocenters. The van der Waals surface area contributed by atoms with E-state index in [4.69, 9.17) is 5.26 Å². The van der Waals surface area contributed by atoms with E-state index in [1.54, 1.807) is 6.07 Å². The lowest BCUT2D eigenvalue weighted by molar-refractivity contribution is 0.322. The Bertz CT molecular complexity index is 399. The summed E-state index contributed by atoms with van der Waals surface area (Å²) in [6, 6.07) is 7.08. The third kappa shape index (κ3) is 1.21. The second kappa shape index (κ2) is 3.09. The van der Waals surface area contributed by atoms with Gasteiger partial charge in [-0.15, -0.1) is 0 Å². The van der Waals surface area contributed by atoms with E-state index < -0.39 is 0 Å². The van der Waals surface area contributed by atoms with E-state index in [1.165, 1.54) is 12.1 Å². The van der Waals surface area contributed by atoms with Crippen LogP contribution < -0.4 is 0 Å². The molecule has 14 heavy (non-hydrogen) atoms. The van der Waals surface area contributed by atoms with Crippen LogP contribution in [0.3, 0.4) is 0 Å². The molecule has 0 aliphatic heterocycles. The summed E-state index contributed by atoms with van der Waals surface area (Å²) in [6.45, 7) is 1.87. The average Bonchev–Trinajstić information content (AvgIpc) is 2.07. The number of rotatable bonds is 1. The summed E-state index contributed by atoms with van der Waals surface area (Å²) in [5.41, 5.74) is 1.58. The van der Waals surface area contributed by atoms with Crippen LogP contribution in [0.15, 0.2) is 18.2 Å². The lowest BCUT2D eigenvalue weighted by atomic mass is 9.64. The quantitative estimate of drug-likeness (QED) is 0.666. The van der Waals surface area contributed by atoms with E-state index in [9.17, 15) is 4.39 Å². The van der Waals surface area contributed by atoms with Crippen molar-refractivity contribution in [3.05, 3.63) is 35.1 Å². The van der Waals surface area contributed by atoms with Crippen molar-refractivity contribution in [1.82, 2.24) is 0 Å². The van der Waals surface area contributed by atoms with Gasteiger partial charge in [0.2, 0.25) is 0 Å². The lowest BCUT2D eigenvalue weighted by Crippen LogP contribution is -2.33. The van der Waals surface area contributed by atoms with E-state index in [0.717, 1.165) is 30.4 Å². The first-order chi connectivity index (χ1) is 6.68. The van der Waals surface area contributed by atoms with Crippen molar-refractivity contribution < 1.29 is 4.39 Å². The molecule has 1 fully saturated rings. The second-order valence-electron chi connectivity index (χ2n) is 4.01. The molecule has 2 heteroatoms. The van der Waals surface area contributed by atoms with Gasteiger partial charge in [-0.3, -0.25) is 0 Å². The van der Waals surface area contributed by atoms with Gasteiger partial charge < -0.3 is 0 Å². The largest absolute Gasteiger partial charge is 0.207 e. The molecule has 72 valence electrons. The van der Waals surface area contributed by atoms with Crippen LogP contribution in [-0.4, -0.2) is 0 Å². The van der Waals surface area contributed by atoms with Crippen LogP contribution in [0.5, 0.6) is 0 Å². The minimum absolute atomic E-state index is 0.223. The SMILES string of the molecule is Cc1cc(F)ccc1C1(C#N)CCC1. The molecule has 0 amide bonds. The Morgan fingerprint density at radius 2 is 2.14 bits per heavy atom. The van der Waals surface area contributed by atoms with Gasteiger partial charge in [0.25, 0.3) is 0 Å². The van der Waals surface area contributed by atoms with Gasteiger partial charge >= 0.3 is 0 Å². The second-order valence-corrected chi connectivity index (χ2v) is 4.01. The Kier molecular flexibility index (Phi) is 2.03. The van der Waals surface area contributed by atoms with Crippen LogP contribution in [0.4, 0.5) is 4.39 Å². The van der Waals surface area contributed by atoms with Crippen molar-refractivity contribution in [3.63, 3.8) is 0 Å². The molecule has 0 spiro atoms. The summed E-state index contributed by atoms with van der Waals surface area (Å²) in [7, 11) is 0. The van der Waals surface area contributed by atoms with Crippen LogP contribution in [0, 0.1) is 24.1 Å². The maximum Gasteiger partial charge on any atom is 0.123 e. The van der Waals surface area contributed by atoms with Gasteiger partial charge in [0, 0.05) is 0 Å². The number of benzene rings is 1. The fourth-order valence-corrected chi connectivity index (χ4v) is 2.14. The van der Waals surface area contributed by atoms with Crippen LogP contribution >= 0.6 is 0 Å². The molecule has 0 bridgehead atoms. The van der Waals surface area contributed by atoms with E-state index in [-0.39, 0.29) is 11.2 Å². The zero-order valence-corrected chi connectivity index (χ0v) is 8.18. The third-order valence-corrected chi connectivity index (χ3v) is 3.13. The molecule has 0 atom stereocenters. The van der Waals surface area contributed by atoms with Crippen molar-refractivity contribution in [2.45, 2.75) is 31.6 Å².